The molecule has 2 heterocycles. The van der Waals surface area contributed by atoms with Gasteiger partial charge in [0.25, 0.3) is 0 Å². The lowest BCUT2D eigenvalue weighted by Gasteiger charge is -2.33. The summed E-state index contributed by atoms with van der Waals surface area (Å²) in [6, 6.07) is 9.04. The number of hydrogen-bond donors (Lipinski definition) is 1. The third-order valence-corrected chi connectivity index (χ3v) is 6.85. The Labute approximate surface area is 170 Å². The van der Waals surface area contributed by atoms with Crippen molar-refractivity contribution in [2.24, 2.45) is 10.4 Å². The second kappa shape index (κ2) is 9.27. The molecule has 1 spiro atoms. The quantitative estimate of drug-likeness (QED) is 0.639. The van der Waals surface area contributed by atoms with Crippen LogP contribution in [0.15, 0.2) is 29.3 Å². The molecule has 3 aliphatic rings. The summed E-state index contributed by atoms with van der Waals surface area (Å²) in [5, 5.41) is 3.60. The monoisotopic (exact) mass is 384 g/mol. The van der Waals surface area contributed by atoms with Crippen LogP contribution >= 0.6 is 0 Å². The number of nitrogens with zero attached hydrogens (tertiary/aromatic N) is 3. The van der Waals surface area contributed by atoms with Crippen molar-refractivity contribution >= 4 is 5.96 Å². The van der Waals surface area contributed by atoms with E-state index >= 15 is 0 Å². The molecule has 1 aromatic rings. The first kappa shape index (κ1) is 19.7. The Kier molecular flexibility index (Phi) is 6.53. The standard InChI is InChI=1S/C23H36N4O/c1-24-22(27-12-11-23(19-27)9-3-2-4-10-23)25-17-20-5-7-21(8-6-20)18-26-13-15-28-16-14-26/h5-8H,2-4,9-19H2,1H3,(H,24,25). The van der Waals surface area contributed by atoms with Gasteiger partial charge in [-0.1, -0.05) is 43.5 Å². The van der Waals surface area contributed by atoms with Crippen molar-refractivity contribution in [3.63, 3.8) is 0 Å². The minimum absolute atomic E-state index is 0.566. The van der Waals surface area contributed by atoms with Gasteiger partial charge in [-0.15, -0.1) is 0 Å². The summed E-state index contributed by atoms with van der Waals surface area (Å²) in [5.41, 5.74) is 3.27. The van der Waals surface area contributed by atoms with E-state index in [1.54, 1.807) is 0 Å². The number of guanidine groups is 1. The number of nitrogens with one attached hydrogen (secondary N) is 1. The summed E-state index contributed by atoms with van der Waals surface area (Å²) in [6.45, 7) is 8.00. The zero-order valence-electron chi connectivity index (χ0n) is 17.5. The fraction of sp³-hybridized carbons (Fsp3) is 0.696. The first-order valence-electron chi connectivity index (χ1n) is 11.1. The van der Waals surface area contributed by atoms with Gasteiger partial charge in [-0.3, -0.25) is 9.89 Å². The summed E-state index contributed by atoms with van der Waals surface area (Å²) in [6.07, 6.45) is 8.41. The maximum absolute atomic E-state index is 5.44. The maximum atomic E-state index is 5.44. The highest BCUT2D eigenvalue weighted by molar-refractivity contribution is 5.80. The molecule has 0 unspecified atom stereocenters. The highest BCUT2D eigenvalue weighted by Gasteiger charge is 2.39. The SMILES string of the molecule is CN=C(NCc1ccc(CN2CCOCC2)cc1)N1CCC2(CCCCC2)C1. The normalized spacial score (nSPS) is 23.3. The molecule has 3 fully saturated rings. The van der Waals surface area contributed by atoms with Gasteiger partial charge in [0, 0.05) is 46.3 Å². The predicted octanol–water partition coefficient (Wildman–Crippen LogP) is 3.25. The average molecular weight is 385 g/mol. The van der Waals surface area contributed by atoms with E-state index in [4.69, 9.17) is 4.74 Å². The lowest BCUT2D eigenvalue weighted by atomic mass is 9.73. The molecule has 0 radical (unpaired) electrons. The molecule has 0 atom stereocenters. The first-order chi connectivity index (χ1) is 13.8. The van der Waals surface area contributed by atoms with E-state index in [0.29, 0.717) is 5.41 Å². The maximum Gasteiger partial charge on any atom is 0.193 e. The van der Waals surface area contributed by atoms with Gasteiger partial charge in [-0.2, -0.15) is 0 Å². The number of ether oxygens (including phenoxy) is 1. The third kappa shape index (κ3) is 4.87. The molecule has 0 amide bonds. The molecule has 0 bridgehead atoms. The minimum Gasteiger partial charge on any atom is -0.379 e. The number of benzene rings is 1. The van der Waals surface area contributed by atoms with E-state index in [9.17, 15) is 0 Å². The number of hydrogen-bond acceptors (Lipinski definition) is 3. The van der Waals surface area contributed by atoms with Crippen LogP contribution in [0.2, 0.25) is 0 Å². The van der Waals surface area contributed by atoms with Crippen LogP contribution in [0.4, 0.5) is 0 Å². The molecule has 1 aromatic carbocycles. The van der Waals surface area contributed by atoms with Crippen LogP contribution in [0.1, 0.15) is 49.7 Å². The summed E-state index contributed by atoms with van der Waals surface area (Å²) in [4.78, 5) is 9.52. The molecule has 1 aliphatic carbocycles. The van der Waals surface area contributed by atoms with Crippen molar-refractivity contribution in [2.75, 3.05) is 46.4 Å². The highest BCUT2D eigenvalue weighted by atomic mass is 16.5. The largest absolute Gasteiger partial charge is 0.379 e. The molecule has 5 nitrogen and oxygen atoms in total. The Morgan fingerprint density at radius 2 is 1.71 bits per heavy atom. The van der Waals surface area contributed by atoms with E-state index < -0.39 is 0 Å². The smallest absolute Gasteiger partial charge is 0.193 e. The fourth-order valence-corrected chi connectivity index (χ4v) is 5.12. The Morgan fingerprint density at radius 3 is 2.43 bits per heavy atom. The predicted molar refractivity (Wildman–Crippen MR) is 114 cm³/mol. The molecule has 1 saturated carbocycles. The lowest BCUT2D eigenvalue weighted by Crippen LogP contribution is -2.41. The van der Waals surface area contributed by atoms with Crippen LogP contribution in [0.25, 0.3) is 0 Å². The van der Waals surface area contributed by atoms with E-state index in [1.165, 1.54) is 56.2 Å². The van der Waals surface area contributed by atoms with Crippen molar-refractivity contribution in [1.29, 1.82) is 0 Å². The molecule has 0 aromatic heterocycles. The number of likely N-dealkylation sites (tertiary alicyclic amines) is 1. The Hall–Kier alpha value is -1.59. The van der Waals surface area contributed by atoms with Crippen LogP contribution < -0.4 is 5.32 Å². The van der Waals surface area contributed by atoms with Crippen LogP contribution in [0.3, 0.4) is 0 Å². The molecule has 2 saturated heterocycles. The van der Waals surface area contributed by atoms with Crippen LogP contribution in [-0.2, 0) is 17.8 Å². The minimum atomic E-state index is 0.566. The van der Waals surface area contributed by atoms with Gasteiger partial charge in [-0.05, 0) is 35.8 Å². The van der Waals surface area contributed by atoms with Crippen molar-refractivity contribution in [3.8, 4) is 0 Å². The van der Waals surface area contributed by atoms with Gasteiger partial charge in [0.15, 0.2) is 5.96 Å². The zero-order chi connectivity index (χ0) is 19.2. The highest BCUT2D eigenvalue weighted by Crippen LogP contribution is 2.43. The molecular weight excluding hydrogens is 348 g/mol. The summed E-state index contributed by atoms with van der Waals surface area (Å²) in [7, 11) is 1.92. The summed E-state index contributed by atoms with van der Waals surface area (Å²) in [5.74, 6) is 1.07. The van der Waals surface area contributed by atoms with E-state index in [1.807, 2.05) is 7.05 Å². The van der Waals surface area contributed by atoms with Crippen LogP contribution in [0, 0.1) is 5.41 Å². The lowest BCUT2D eigenvalue weighted by molar-refractivity contribution is 0.0342. The fourth-order valence-electron chi connectivity index (χ4n) is 5.12. The van der Waals surface area contributed by atoms with Crippen LogP contribution in [-0.4, -0.2) is 62.2 Å². The van der Waals surface area contributed by atoms with E-state index in [-0.39, 0.29) is 0 Å². The first-order valence-corrected chi connectivity index (χ1v) is 11.1. The van der Waals surface area contributed by atoms with Crippen molar-refractivity contribution in [2.45, 2.75) is 51.6 Å². The second-order valence-corrected chi connectivity index (χ2v) is 8.84. The van der Waals surface area contributed by atoms with E-state index in [2.05, 4.69) is 44.4 Å². The Bertz CT molecular complexity index is 645. The van der Waals surface area contributed by atoms with Crippen molar-refractivity contribution in [3.05, 3.63) is 35.4 Å². The topological polar surface area (TPSA) is 40.1 Å². The third-order valence-electron chi connectivity index (χ3n) is 6.85. The number of aliphatic imine (C=N–C) groups is 1. The molecule has 28 heavy (non-hydrogen) atoms. The molecule has 154 valence electrons. The van der Waals surface area contributed by atoms with Gasteiger partial charge >= 0.3 is 0 Å². The van der Waals surface area contributed by atoms with Gasteiger partial charge in [0.1, 0.15) is 0 Å². The Morgan fingerprint density at radius 1 is 1.00 bits per heavy atom. The Balaban J connectivity index is 1.27. The van der Waals surface area contributed by atoms with Gasteiger partial charge in [0.2, 0.25) is 0 Å². The molecule has 2 aliphatic heterocycles. The van der Waals surface area contributed by atoms with Crippen LogP contribution in [0.5, 0.6) is 0 Å². The average Bonchev–Trinajstić information content (AvgIpc) is 3.14. The zero-order valence-corrected chi connectivity index (χ0v) is 17.5. The summed E-state index contributed by atoms with van der Waals surface area (Å²) >= 11 is 0. The van der Waals surface area contributed by atoms with Crippen molar-refractivity contribution < 1.29 is 4.74 Å². The number of morpholine rings is 1. The van der Waals surface area contributed by atoms with E-state index in [0.717, 1.165) is 51.9 Å². The van der Waals surface area contributed by atoms with Gasteiger partial charge in [-0.25, -0.2) is 0 Å². The second-order valence-electron chi connectivity index (χ2n) is 8.84. The molecular formula is C23H36N4O. The molecule has 4 rings (SSSR count). The van der Waals surface area contributed by atoms with Gasteiger partial charge < -0.3 is 15.0 Å². The number of rotatable bonds is 4. The van der Waals surface area contributed by atoms with Gasteiger partial charge in [0.05, 0.1) is 13.2 Å². The van der Waals surface area contributed by atoms with Crippen molar-refractivity contribution in [1.82, 2.24) is 15.1 Å². The molecule has 5 heteroatoms. The molecule has 1 N–H and O–H groups in total. The summed E-state index contributed by atoms with van der Waals surface area (Å²) < 4.78 is 5.44.